The summed E-state index contributed by atoms with van der Waals surface area (Å²) in [7, 11) is 0. The lowest BCUT2D eigenvalue weighted by Crippen LogP contribution is -2.31. The minimum absolute atomic E-state index is 0.0743. The van der Waals surface area contributed by atoms with Gasteiger partial charge in [-0.05, 0) is 42.8 Å². The molecule has 0 atom stereocenters. The van der Waals surface area contributed by atoms with Crippen LogP contribution in [-0.2, 0) is 9.59 Å². The van der Waals surface area contributed by atoms with Gasteiger partial charge in [-0.15, -0.1) is 0 Å². The zero-order valence-corrected chi connectivity index (χ0v) is 17.2. The molecule has 148 valence electrons. The molecule has 6 nitrogen and oxygen atoms in total. The molecule has 1 heterocycles. The summed E-state index contributed by atoms with van der Waals surface area (Å²) in [5.74, 6) is -1.53. The second-order valence-electron chi connectivity index (χ2n) is 6.42. The first-order valence-corrected chi connectivity index (χ1v) is 10.0. The molecule has 0 saturated carbocycles. The number of rotatable bonds is 6. The quantitative estimate of drug-likeness (QED) is 0.538. The highest BCUT2D eigenvalue weighted by Crippen LogP contribution is 2.32. The number of carbonyl (C=O) groups excluding carboxylic acids is 2. The van der Waals surface area contributed by atoms with Gasteiger partial charge in [0.25, 0.3) is 5.91 Å². The van der Waals surface area contributed by atoms with Gasteiger partial charge < -0.3 is 10.4 Å². The maximum atomic E-state index is 12.6. The average molecular weight is 427 g/mol. The van der Waals surface area contributed by atoms with E-state index in [4.69, 9.17) is 17.3 Å². The lowest BCUT2D eigenvalue weighted by Gasteiger charge is -2.14. The Labute approximate surface area is 177 Å². The van der Waals surface area contributed by atoms with Crippen LogP contribution in [0.1, 0.15) is 27.9 Å². The molecule has 1 aliphatic rings. The average Bonchev–Trinajstić information content (AvgIpc) is 2.95. The first kappa shape index (κ1) is 20.8. The molecule has 2 amide bonds. The number of aromatic carboxylic acids is 1. The van der Waals surface area contributed by atoms with Crippen molar-refractivity contribution in [2.75, 3.05) is 11.9 Å². The Kier molecular flexibility index (Phi) is 6.46. The van der Waals surface area contributed by atoms with Crippen molar-refractivity contribution in [2.45, 2.75) is 13.3 Å². The maximum Gasteiger partial charge on any atom is 0.335 e. The lowest BCUT2D eigenvalue weighted by molar-refractivity contribution is -0.122. The third kappa shape index (κ3) is 5.30. The van der Waals surface area contributed by atoms with E-state index >= 15 is 0 Å². The molecule has 8 heteroatoms. The van der Waals surface area contributed by atoms with Crippen LogP contribution in [0.3, 0.4) is 0 Å². The van der Waals surface area contributed by atoms with Gasteiger partial charge >= 0.3 is 5.97 Å². The molecule has 0 spiro atoms. The molecular formula is C21H18N2O4S2. The van der Waals surface area contributed by atoms with Crippen LogP contribution in [0, 0.1) is 6.92 Å². The van der Waals surface area contributed by atoms with Crippen LogP contribution in [-0.4, -0.2) is 38.7 Å². The van der Waals surface area contributed by atoms with Crippen molar-refractivity contribution in [2.24, 2.45) is 0 Å². The molecule has 2 aromatic rings. The zero-order chi connectivity index (χ0) is 21.0. The Morgan fingerprint density at radius 3 is 2.41 bits per heavy atom. The highest BCUT2D eigenvalue weighted by molar-refractivity contribution is 8.26. The Morgan fingerprint density at radius 1 is 1.14 bits per heavy atom. The summed E-state index contributed by atoms with van der Waals surface area (Å²) in [4.78, 5) is 37.6. The summed E-state index contributed by atoms with van der Waals surface area (Å²) in [6.45, 7) is 2.17. The fraction of sp³-hybridized carbons (Fsp3) is 0.143. The highest BCUT2D eigenvalue weighted by Gasteiger charge is 2.32. The molecule has 0 aliphatic carbocycles. The summed E-state index contributed by atoms with van der Waals surface area (Å²) in [5, 5.41) is 11.6. The van der Waals surface area contributed by atoms with Crippen molar-refractivity contribution in [3.05, 3.63) is 70.1 Å². The fourth-order valence-corrected chi connectivity index (χ4v) is 3.95. The zero-order valence-electron chi connectivity index (χ0n) is 15.5. The van der Waals surface area contributed by atoms with E-state index in [0.717, 1.165) is 11.1 Å². The molecular weight excluding hydrogens is 408 g/mol. The third-order valence-electron chi connectivity index (χ3n) is 4.23. The molecule has 1 fully saturated rings. The van der Waals surface area contributed by atoms with Crippen molar-refractivity contribution in [1.82, 2.24) is 4.90 Å². The predicted octanol–water partition coefficient (Wildman–Crippen LogP) is 3.92. The van der Waals surface area contributed by atoms with Gasteiger partial charge in [0.15, 0.2) is 0 Å². The number of carbonyl (C=O) groups is 3. The molecule has 1 saturated heterocycles. The second-order valence-corrected chi connectivity index (χ2v) is 8.10. The van der Waals surface area contributed by atoms with E-state index in [9.17, 15) is 14.4 Å². The fourth-order valence-electron chi connectivity index (χ4n) is 2.64. The van der Waals surface area contributed by atoms with Crippen LogP contribution < -0.4 is 5.32 Å². The van der Waals surface area contributed by atoms with Crippen molar-refractivity contribution >= 4 is 57.8 Å². The second kappa shape index (κ2) is 9.02. The van der Waals surface area contributed by atoms with E-state index in [1.54, 1.807) is 6.08 Å². The van der Waals surface area contributed by atoms with Gasteiger partial charge in [-0.2, -0.15) is 0 Å². The van der Waals surface area contributed by atoms with Crippen molar-refractivity contribution in [1.29, 1.82) is 0 Å². The number of anilines is 1. The molecule has 2 aromatic carbocycles. The van der Waals surface area contributed by atoms with Crippen molar-refractivity contribution in [3.8, 4) is 0 Å². The summed E-state index contributed by atoms with van der Waals surface area (Å²) in [6, 6.07) is 13.7. The van der Waals surface area contributed by atoms with Crippen LogP contribution in [0.4, 0.5) is 5.69 Å². The molecule has 1 aliphatic heterocycles. The Morgan fingerprint density at radius 2 is 1.79 bits per heavy atom. The maximum absolute atomic E-state index is 12.6. The summed E-state index contributed by atoms with van der Waals surface area (Å²) in [5.41, 5.74) is 2.68. The van der Waals surface area contributed by atoms with E-state index in [0.29, 0.717) is 14.9 Å². The van der Waals surface area contributed by atoms with E-state index in [2.05, 4.69) is 5.32 Å². The lowest BCUT2D eigenvalue weighted by atomic mass is 10.1. The van der Waals surface area contributed by atoms with E-state index in [1.807, 2.05) is 31.2 Å². The predicted molar refractivity (Wildman–Crippen MR) is 118 cm³/mol. The first-order valence-electron chi connectivity index (χ1n) is 8.79. The van der Waals surface area contributed by atoms with Crippen molar-refractivity contribution in [3.63, 3.8) is 0 Å². The number of carboxylic acids is 1. The molecule has 0 aromatic heterocycles. The van der Waals surface area contributed by atoms with Gasteiger partial charge in [-0.25, -0.2) is 4.79 Å². The van der Waals surface area contributed by atoms with Gasteiger partial charge in [0, 0.05) is 18.7 Å². The van der Waals surface area contributed by atoms with Gasteiger partial charge in [-0.3, -0.25) is 14.5 Å². The third-order valence-corrected chi connectivity index (χ3v) is 5.60. The van der Waals surface area contributed by atoms with E-state index < -0.39 is 5.97 Å². The number of hydrogen-bond donors (Lipinski definition) is 2. The number of nitrogens with zero attached hydrogens (tertiary/aromatic N) is 1. The molecule has 29 heavy (non-hydrogen) atoms. The molecule has 0 bridgehead atoms. The number of hydrogen-bond acceptors (Lipinski definition) is 5. The van der Waals surface area contributed by atoms with E-state index in [1.165, 1.54) is 40.9 Å². The largest absolute Gasteiger partial charge is 0.478 e. The highest BCUT2D eigenvalue weighted by atomic mass is 32.2. The molecule has 0 unspecified atom stereocenters. The minimum Gasteiger partial charge on any atom is -0.478 e. The number of aryl methyl sites for hydroxylation is 1. The minimum atomic E-state index is -1.03. The number of amides is 2. The first-order chi connectivity index (χ1) is 13.8. The van der Waals surface area contributed by atoms with Crippen LogP contribution in [0.2, 0.25) is 0 Å². The molecule has 0 radical (unpaired) electrons. The standard InChI is InChI=1S/C21H18N2O4S2/c1-13-2-4-14(5-3-13)12-17-19(25)23(21(28)29-17)11-10-18(24)22-16-8-6-15(7-9-16)20(26)27/h2-9,12H,10-11H2,1H3,(H,22,24)(H,26,27). The Balaban J connectivity index is 1.57. The monoisotopic (exact) mass is 426 g/mol. The summed E-state index contributed by atoms with van der Waals surface area (Å²) in [6.07, 6.45) is 1.87. The number of carboxylic acid groups (broad SMARTS) is 1. The number of thiocarbonyl (C=S) groups is 1. The SMILES string of the molecule is Cc1ccc(C=C2SC(=S)N(CCC(=O)Nc3ccc(C(=O)O)cc3)C2=O)cc1. The van der Waals surface area contributed by atoms with Crippen LogP contribution in [0.25, 0.3) is 6.08 Å². The van der Waals surface area contributed by atoms with Crippen LogP contribution in [0.15, 0.2) is 53.4 Å². The van der Waals surface area contributed by atoms with Gasteiger partial charge in [0.2, 0.25) is 5.91 Å². The topological polar surface area (TPSA) is 86.7 Å². The van der Waals surface area contributed by atoms with Crippen molar-refractivity contribution < 1.29 is 19.5 Å². The van der Waals surface area contributed by atoms with Gasteiger partial charge in [0.05, 0.1) is 10.5 Å². The summed E-state index contributed by atoms with van der Waals surface area (Å²) >= 11 is 6.51. The molecule has 2 N–H and O–H groups in total. The van der Waals surface area contributed by atoms with E-state index in [-0.39, 0.29) is 30.3 Å². The van der Waals surface area contributed by atoms with Gasteiger partial charge in [0.1, 0.15) is 4.32 Å². The number of thioether (sulfide) groups is 1. The Hall–Kier alpha value is -2.97. The number of nitrogens with one attached hydrogen (secondary N) is 1. The normalized spacial score (nSPS) is 15.1. The molecule has 3 rings (SSSR count). The van der Waals surface area contributed by atoms with Crippen LogP contribution in [0.5, 0.6) is 0 Å². The summed E-state index contributed by atoms with van der Waals surface area (Å²) < 4.78 is 0.423. The van der Waals surface area contributed by atoms with Gasteiger partial charge in [-0.1, -0.05) is 53.8 Å². The Bertz CT molecular complexity index is 998. The number of benzene rings is 2. The van der Waals surface area contributed by atoms with Crippen LogP contribution >= 0.6 is 24.0 Å². The smallest absolute Gasteiger partial charge is 0.335 e.